The van der Waals surface area contributed by atoms with Crippen LogP contribution in [0.5, 0.6) is 0 Å². The SMILES string of the molecule is CC(C)NCCCNS(=O)(=O)CC(C)c1ccccc1. The second-order valence-corrected chi connectivity index (χ2v) is 7.30. The number of sulfonamides is 1. The van der Waals surface area contributed by atoms with Crippen molar-refractivity contribution < 1.29 is 8.42 Å². The second kappa shape index (κ2) is 8.39. The van der Waals surface area contributed by atoms with E-state index >= 15 is 0 Å². The molecule has 2 N–H and O–H groups in total. The molecule has 1 aromatic carbocycles. The summed E-state index contributed by atoms with van der Waals surface area (Å²) in [6.07, 6.45) is 0.803. The van der Waals surface area contributed by atoms with Gasteiger partial charge in [-0.25, -0.2) is 13.1 Å². The fraction of sp³-hybridized carbons (Fsp3) is 0.600. The number of nitrogens with one attached hydrogen (secondary N) is 2. The summed E-state index contributed by atoms with van der Waals surface area (Å²) in [6.45, 7) is 7.41. The van der Waals surface area contributed by atoms with Gasteiger partial charge in [0.2, 0.25) is 10.0 Å². The molecule has 0 amide bonds. The minimum absolute atomic E-state index is 0.00230. The van der Waals surface area contributed by atoms with Gasteiger partial charge in [0.25, 0.3) is 0 Å². The minimum atomic E-state index is -3.21. The Hall–Kier alpha value is -0.910. The lowest BCUT2D eigenvalue weighted by atomic mass is 10.0. The molecule has 0 saturated carbocycles. The molecule has 1 unspecified atom stereocenters. The van der Waals surface area contributed by atoms with Gasteiger partial charge in [0, 0.05) is 12.6 Å². The van der Waals surface area contributed by atoms with Crippen molar-refractivity contribution in [2.45, 2.75) is 39.2 Å². The van der Waals surface area contributed by atoms with Crippen LogP contribution in [0.3, 0.4) is 0 Å². The molecule has 1 aromatic rings. The van der Waals surface area contributed by atoms with Gasteiger partial charge >= 0.3 is 0 Å². The fourth-order valence-electron chi connectivity index (χ4n) is 1.97. The zero-order valence-electron chi connectivity index (χ0n) is 12.6. The molecular formula is C15H26N2O2S. The van der Waals surface area contributed by atoms with Crippen LogP contribution in [0.25, 0.3) is 0 Å². The van der Waals surface area contributed by atoms with Crippen molar-refractivity contribution in [1.29, 1.82) is 0 Å². The number of benzene rings is 1. The predicted molar refractivity (Wildman–Crippen MR) is 84.4 cm³/mol. The van der Waals surface area contributed by atoms with E-state index in [2.05, 4.69) is 23.9 Å². The van der Waals surface area contributed by atoms with E-state index in [1.54, 1.807) is 0 Å². The molecule has 4 nitrogen and oxygen atoms in total. The van der Waals surface area contributed by atoms with Crippen LogP contribution in [0, 0.1) is 0 Å². The van der Waals surface area contributed by atoms with Gasteiger partial charge in [0.05, 0.1) is 5.75 Å². The second-order valence-electron chi connectivity index (χ2n) is 5.45. The number of hydrogen-bond acceptors (Lipinski definition) is 3. The maximum absolute atomic E-state index is 12.0. The summed E-state index contributed by atoms with van der Waals surface area (Å²) in [7, 11) is -3.21. The first-order valence-corrected chi connectivity index (χ1v) is 8.81. The smallest absolute Gasteiger partial charge is 0.212 e. The lowest BCUT2D eigenvalue weighted by Crippen LogP contribution is -2.32. The summed E-state index contributed by atoms with van der Waals surface area (Å²) in [5.41, 5.74) is 1.05. The molecular weight excluding hydrogens is 272 g/mol. The standard InChI is InChI=1S/C15H26N2O2S/c1-13(2)16-10-7-11-17-20(18,19)12-14(3)15-8-5-4-6-9-15/h4-6,8-9,13-14,16-17H,7,10-12H2,1-3H3. The first-order valence-electron chi connectivity index (χ1n) is 7.16. The molecule has 0 saturated heterocycles. The molecule has 114 valence electrons. The summed E-state index contributed by atoms with van der Waals surface area (Å²) < 4.78 is 26.6. The number of hydrogen-bond donors (Lipinski definition) is 2. The van der Waals surface area contributed by atoms with Crippen molar-refractivity contribution in [3.05, 3.63) is 35.9 Å². The lowest BCUT2D eigenvalue weighted by molar-refractivity contribution is 0.552. The average molecular weight is 298 g/mol. The Bertz CT molecular complexity index is 472. The Labute approximate surface area is 123 Å². The average Bonchev–Trinajstić information content (AvgIpc) is 2.38. The van der Waals surface area contributed by atoms with Crippen molar-refractivity contribution in [1.82, 2.24) is 10.0 Å². The highest BCUT2D eigenvalue weighted by molar-refractivity contribution is 7.89. The van der Waals surface area contributed by atoms with E-state index in [1.165, 1.54) is 0 Å². The molecule has 0 radical (unpaired) electrons. The Morgan fingerprint density at radius 3 is 2.30 bits per heavy atom. The molecule has 0 bridgehead atoms. The van der Waals surface area contributed by atoms with Gasteiger partial charge in [-0.05, 0) is 24.4 Å². The Morgan fingerprint density at radius 2 is 1.70 bits per heavy atom. The molecule has 20 heavy (non-hydrogen) atoms. The van der Waals surface area contributed by atoms with Crippen LogP contribution in [0.2, 0.25) is 0 Å². The number of rotatable bonds is 9. The predicted octanol–water partition coefficient (Wildman–Crippen LogP) is 2.10. The summed E-state index contributed by atoms with van der Waals surface area (Å²) in [6, 6.07) is 10.2. The third-order valence-electron chi connectivity index (χ3n) is 3.07. The molecule has 0 aromatic heterocycles. The van der Waals surface area contributed by atoms with Crippen LogP contribution in [0.1, 0.15) is 38.7 Å². The Balaban J connectivity index is 2.34. The summed E-state index contributed by atoms with van der Waals surface area (Å²) in [5.74, 6) is 0.136. The maximum Gasteiger partial charge on any atom is 0.212 e. The van der Waals surface area contributed by atoms with Crippen molar-refractivity contribution in [2.75, 3.05) is 18.8 Å². The molecule has 0 aliphatic rings. The van der Waals surface area contributed by atoms with Crippen LogP contribution in [0.15, 0.2) is 30.3 Å². The van der Waals surface area contributed by atoms with Crippen LogP contribution >= 0.6 is 0 Å². The van der Waals surface area contributed by atoms with Crippen molar-refractivity contribution in [3.63, 3.8) is 0 Å². The van der Waals surface area contributed by atoms with Gasteiger partial charge < -0.3 is 5.32 Å². The minimum Gasteiger partial charge on any atom is -0.314 e. The van der Waals surface area contributed by atoms with E-state index in [0.717, 1.165) is 18.5 Å². The first kappa shape index (κ1) is 17.1. The highest BCUT2D eigenvalue weighted by Crippen LogP contribution is 2.16. The van der Waals surface area contributed by atoms with Crippen molar-refractivity contribution >= 4 is 10.0 Å². The van der Waals surface area contributed by atoms with E-state index in [1.807, 2.05) is 37.3 Å². The zero-order valence-corrected chi connectivity index (χ0v) is 13.4. The lowest BCUT2D eigenvalue weighted by Gasteiger charge is -2.13. The van der Waals surface area contributed by atoms with Gasteiger partial charge in [-0.1, -0.05) is 51.1 Å². The molecule has 0 aliphatic heterocycles. The van der Waals surface area contributed by atoms with Crippen LogP contribution in [0.4, 0.5) is 0 Å². The molecule has 0 aliphatic carbocycles. The largest absolute Gasteiger partial charge is 0.314 e. The van der Waals surface area contributed by atoms with E-state index in [9.17, 15) is 8.42 Å². The van der Waals surface area contributed by atoms with Crippen LogP contribution in [-0.4, -0.2) is 33.3 Å². The van der Waals surface area contributed by atoms with E-state index in [-0.39, 0.29) is 11.7 Å². The fourth-order valence-corrected chi connectivity index (χ4v) is 3.40. The van der Waals surface area contributed by atoms with E-state index in [0.29, 0.717) is 12.6 Å². The summed E-state index contributed by atoms with van der Waals surface area (Å²) in [4.78, 5) is 0. The van der Waals surface area contributed by atoms with Crippen LogP contribution in [-0.2, 0) is 10.0 Å². The summed E-state index contributed by atoms with van der Waals surface area (Å²) in [5, 5.41) is 3.26. The molecule has 5 heteroatoms. The van der Waals surface area contributed by atoms with Gasteiger partial charge in [-0.15, -0.1) is 0 Å². The first-order chi connectivity index (χ1) is 9.41. The van der Waals surface area contributed by atoms with Gasteiger partial charge in [0.15, 0.2) is 0 Å². The molecule has 1 atom stereocenters. The third kappa shape index (κ3) is 7.03. The molecule has 0 spiro atoms. The van der Waals surface area contributed by atoms with E-state index in [4.69, 9.17) is 0 Å². The van der Waals surface area contributed by atoms with E-state index < -0.39 is 10.0 Å². The van der Waals surface area contributed by atoms with Crippen LogP contribution < -0.4 is 10.0 Å². The van der Waals surface area contributed by atoms with Crippen molar-refractivity contribution in [2.24, 2.45) is 0 Å². The maximum atomic E-state index is 12.0. The zero-order chi connectivity index (χ0) is 15.0. The van der Waals surface area contributed by atoms with Gasteiger partial charge in [-0.3, -0.25) is 0 Å². The van der Waals surface area contributed by atoms with Gasteiger partial charge in [-0.2, -0.15) is 0 Å². The third-order valence-corrected chi connectivity index (χ3v) is 4.65. The topological polar surface area (TPSA) is 58.2 Å². The highest BCUT2D eigenvalue weighted by atomic mass is 32.2. The molecule has 0 fully saturated rings. The monoisotopic (exact) mass is 298 g/mol. The quantitative estimate of drug-likeness (QED) is 0.686. The molecule has 0 heterocycles. The molecule has 1 rings (SSSR count). The van der Waals surface area contributed by atoms with Crippen molar-refractivity contribution in [3.8, 4) is 0 Å². The normalized spacial score (nSPS) is 13.6. The highest BCUT2D eigenvalue weighted by Gasteiger charge is 2.16. The van der Waals surface area contributed by atoms with Gasteiger partial charge in [0.1, 0.15) is 0 Å². The summed E-state index contributed by atoms with van der Waals surface area (Å²) >= 11 is 0. The Kier molecular flexibility index (Phi) is 7.19. The Morgan fingerprint density at radius 1 is 1.05 bits per heavy atom.